The molecule has 0 bridgehead atoms. The molecule has 0 aliphatic carbocycles. The van der Waals surface area contributed by atoms with Gasteiger partial charge in [-0.3, -0.25) is 0 Å². The molecule has 0 nitrogen and oxygen atoms in total. The fourth-order valence-electron chi connectivity index (χ4n) is 1.79. The smallest absolute Gasteiger partial charge is 0.198 e. The highest BCUT2D eigenvalue weighted by Gasteiger charge is 2.22. The van der Waals surface area contributed by atoms with Gasteiger partial charge in [0.1, 0.15) is 0 Å². The summed E-state index contributed by atoms with van der Waals surface area (Å²) in [5.41, 5.74) is 0.742. The molecule has 0 atom stereocenters. The summed E-state index contributed by atoms with van der Waals surface area (Å²) in [5.74, 6) is -6.21. The van der Waals surface area contributed by atoms with Crippen LogP contribution >= 0.6 is 0 Å². The van der Waals surface area contributed by atoms with Gasteiger partial charge < -0.3 is 0 Å². The average molecular weight is 228 g/mol. The van der Waals surface area contributed by atoms with Crippen molar-refractivity contribution in [1.82, 2.24) is 0 Å². The van der Waals surface area contributed by atoms with Gasteiger partial charge in [0.15, 0.2) is 23.3 Å². The van der Waals surface area contributed by atoms with Crippen LogP contribution < -0.4 is 0 Å². The van der Waals surface area contributed by atoms with E-state index < -0.39 is 23.3 Å². The van der Waals surface area contributed by atoms with Gasteiger partial charge in [-0.25, -0.2) is 17.6 Å². The molecule has 4 heteroatoms. The van der Waals surface area contributed by atoms with Crippen LogP contribution in [0.1, 0.15) is 11.1 Å². The van der Waals surface area contributed by atoms with E-state index in [9.17, 15) is 17.6 Å². The maximum absolute atomic E-state index is 13.5. The Morgan fingerprint density at radius 1 is 0.625 bits per heavy atom. The minimum absolute atomic E-state index is 0.198. The summed E-state index contributed by atoms with van der Waals surface area (Å²) in [6, 6.07) is 3.08. The van der Waals surface area contributed by atoms with Gasteiger partial charge in [0.25, 0.3) is 0 Å². The Balaban J connectivity index is 3.14. The van der Waals surface area contributed by atoms with Crippen molar-refractivity contribution in [3.8, 4) is 0 Å². The number of rotatable bonds is 0. The lowest BCUT2D eigenvalue weighted by atomic mass is 9.99. The Hall–Kier alpha value is -1.58. The second kappa shape index (κ2) is 3.47. The molecule has 0 heterocycles. The van der Waals surface area contributed by atoms with Crippen LogP contribution in [0.2, 0.25) is 0 Å². The lowest BCUT2D eigenvalue weighted by molar-refractivity contribution is 0.417. The molecule has 0 amide bonds. The first-order valence-corrected chi connectivity index (χ1v) is 4.67. The Morgan fingerprint density at radius 2 is 0.938 bits per heavy atom. The van der Waals surface area contributed by atoms with Gasteiger partial charge in [0.2, 0.25) is 0 Å². The van der Waals surface area contributed by atoms with Crippen molar-refractivity contribution in [1.29, 1.82) is 0 Å². The monoisotopic (exact) mass is 228 g/mol. The molecule has 16 heavy (non-hydrogen) atoms. The first-order chi connectivity index (χ1) is 7.45. The third-order valence-electron chi connectivity index (χ3n) is 2.64. The van der Waals surface area contributed by atoms with Crippen LogP contribution in [0, 0.1) is 37.1 Å². The van der Waals surface area contributed by atoms with E-state index in [1.165, 1.54) is 26.0 Å². The van der Waals surface area contributed by atoms with Crippen molar-refractivity contribution in [3.63, 3.8) is 0 Å². The molecular weight excluding hydrogens is 220 g/mol. The van der Waals surface area contributed by atoms with Crippen molar-refractivity contribution in [3.05, 3.63) is 46.5 Å². The predicted molar refractivity (Wildman–Crippen MR) is 53.3 cm³/mol. The molecule has 2 aromatic carbocycles. The van der Waals surface area contributed by atoms with E-state index in [4.69, 9.17) is 0 Å². The highest BCUT2D eigenvalue weighted by atomic mass is 19.2. The maximum atomic E-state index is 13.5. The van der Waals surface area contributed by atoms with Crippen molar-refractivity contribution in [2.45, 2.75) is 13.8 Å². The molecule has 0 saturated heterocycles. The summed E-state index contributed by atoms with van der Waals surface area (Å²) in [4.78, 5) is 0. The fourth-order valence-corrected chi connectivity index (χ4v) is 1.79. The van der Waals surface area contributed by atoms with Crippen LogP contribution in [0.5, 0.6) is 0 Å². The van der Waals surface area contributed by atoms with Gasteiger partial charge in [-0.1, -0.05) is 12.1 Å². The zero-order chi connectivity index (χ0) is 12.0. The fraction of sp³-hybridized carbons (Fsp3) is 0.167. The van der Waals surface area contributed by atoms with Gasteiger partial charge in [0.05, 0.1) is 0 Å². The Labute approximate surface area is 89.5 Å². The highest BCUT2D eigenvalue weighted by molar-refractivity contribution is 5.89. The van der Waals surface area contributed by atoms with E-state index in [2.05, 4.69) is 0 Å². The van der Waals surface area contributed by atoms with Gasteiger partial charge in [-0.2, -0.15) is 0 Å². The first-order valence-electron chi connectivity index (χ1n) is 4.67. The lowest BCUT2D eigenvalue weighted by Crippen LogP contribution is -2.00. The van der Waals surface area contributed by atoms with E-state index >= 15 is 0 Å². The van der Waals surface area contributed by atoms with Crippen molar-refractivity contribution < 1.29 is 17.6 Å². The zero-order valence-corrected chi connectivity index (χ0v) is 8.67. The number of benzene rings is 2. The molecule has 0 unspecified atom stereocenters. The molecule has 0 aromatic heterocycles. The summed E-state index contributed by atoms with van der Waals surface area (Å²) < 4.78 is 53.1. The lowest BCUT2D eigenvalue weighted by Gasteiger charge is -2.09. The number of hydrogen-bond acceptors (Lipinski definition) is 0. The zero-order valence-electron chi connectivity index (χ0n) is 8.67. The number of hydrogen-bond donors (Lipinski definition) is 0. The maximum Gasteiger partial charge on any atom is 0.198 e. The molecular formula is C12H8F4. The highest BCUT2D eigenvalue weighted by Crippen LogP contribution is 2.31. The number of fused-ring (bicyclic) bond motifs is 1. The van der Waals surface area contributed by atoms with Crippen LogP contribution in [0.15, 0.2) is 12.1 Å². The third-order valence-corrected chi connectivity index (χ3v) is 2.64. The molecule has 2 rings (SSSR count). The van der Waals surface area contributed by atoms with Crippen LogP contribution in [-0.2, 0) is 0 Å². The molecule has 0 fully saturated rings. The summed E-state index contributed by atoms with van der Waals surface area (Å²) in [6.45, 7) is 3.03. The normalized spacial score (nSPS) is 11.1. The molecule has 0 aliphatic rings. The topological polar surface area (TPSA) is 0 Å². The van der Waals surface area contributed by atoms with Gasteiger partial charge in [-0.15, -0.1) is 0 Å². The largest absolute Gasteiger partial charge is 0.203 e. The van der Waals surface area contributed by atoms with Crippen LogP contribution in [0.25, 0.3) is 10.8 Å². The summed E-state index contributed by atoms with van der Waals surface area (Å²) >= 11 is 0. The average Bonchev–Trinajstić information content (AvgIpc) is 2.26. The number of halogens is 4. The summed E-state index contributed by atoms with van der Waals surface area (Å²) in [5, 5.41) is -0.396. The minimum Gasteiger partial charge on any atom is -0.203 e. The minimum atomic E-state index is -1.77. The van der Waals surface area contributed by atoms with Gasteiger partial charge >= 0.3 is 0 Å². The third kappa shape index (κ3) is 1.29. The van der Waals surface area contributed by atoms with Crippen LogP contribution in [-0.4, -0.2) is 0 Å². The molecule has 84 valence electrons. The molecule has 0 N–H and O–H groups in total. The Morgan fingerprint density at radius 3 is 1.25 bits per heavy atom. The first kappa shape index (κ1) is 10.9. The van der Waals surface area contributed by atoms with Crippen molar-refractivity contribution in [2.75, 3.05) is 0 Å². The van der Waals surface area contributed by atoms with Gasteiger partial charge in [-0.05, 0) is 25.0 Å². The standard InChI is InChI=1S/C12H8F4/c1-5-3-4-6(2)8-7(5)9(13)11(15)12(16)10(8)14/h3-4H,1-2H3. The SMILES string of the molecule is Cc1ccc(C)c2c(F)c(F)c(F)c(F)c12. The quantitative estimate of drug-likeness (QED) is 0.363. The Bertz CT molecular complexity index is 535. The van der Waals surface area contributed by atoms with E-state index in [0.29, 0.717) is 11.1 Å². The van der Waals surface area contributed by atoms with Crippen LogP contribution in [0.4, 0.5) is 17.6 Å². The Kier molecular flexibility index (Phi) is 2.37. The van der Waals surface area contributed by atoms with Gasteiger partial charge in [0, 0.05) is 10.8 Å². The van der Waals surface area contributed by atoms with E-state index in [1.54, 1.807) is 0 Å². The summed E-state index contributed by atoms with van der Waals surface area (Å²) in [7, 11) is 0. The molecule has 0 saturated carbocycles. The molecule has 0 spiro atoms. The molecule has 2 aromatic rings. The number of aryl methyl sites for hydroxylation is 2. The van der Waals surface area contributed by atoms with Crippen molar-refractivity contribution in [2.24, 2.45) is 0 Å². The molecule has 0 radical (unpaired) electrons. The second-order valence-electron chi connectivity index (χ2n) is 3.71. The van der Waals surface area contributed by atoms with E-state index in [-0.39, 0.29) is 10.8 Å². The van der Waals surface area contributed by atoms with Crippen LogP contribution in [0.3, 0.4) is 0 Å². The van der Waals surface area contributed by atoms with Crippen molar-refractivity contribution >= 4 is 10.8 Å². The van der Waals surface area contributed by atoms with E-state index in [1.807, 2.05) is 0 Å². The molecule has 0 aliphatic heterocycles. The second-order valence-corrected chi connectivity index (χ2v) is 3.71. The van der Waals surface area contributed by atoms with E-state index in [0.717, 1.165) is 0 Å². The summed E-state index contributed by atoms with van der Waals surface area (Å²) in [6.07, 6.45) is 0. The predicted octanol–water partition coefficient (Wildman–Crippen LogP) is 4.01.